The molecule has 24 heavy (non-hydrogen) atoms. The second-order valence-corrected chi connectivity index (χ2v) is 7.50. The van der Waals surface area contributed by atoms with Crippen molar-refractivity contribution >= 4 is 23.2 Å². The lowest BCUT2D eigenvalue weighted by Crippen LogP contribution is -2.50. The van der Waals surface area contributed by atoms with E-state index in [1.165, 1.54) is 0 Å². The van der Waals surface area contributed by atoms with Gasteiger partial charge in [0, 0.05) is 36.4 Å². The third kappa shape index (κ3) is 3.84. The average molecular weight is 345 g/mol. The number of amides is 2. The van der Waals surface area contributed by atoms with Gasteiger partial charge in [0.2, 0.25) is 0 Å². The van der Waals surface area contributed by atoms with Gasteiger partial charge in [0.1, 0.15) is 10.8 Å². The fourth-order valence-electron chi connectivity index (χ4n) is 2.83. The molecule has 7 heteroatoms. The van der Waals surface area contributed by atoms with Crippen LogP contribution in [0.3, 0.4) is 0 Å². The molecular weight excluding hydrogens is 322 g/mol. The van der Waals surface area contributed by atoms with E-state index in [9.17, 15) is 4.79 Å². The van der Waals surface area contributed by atoms with E-state index in [1.807, 2.05) is 44.4 Å². The maximum atomic E-state index is 12.4. The molecule has 1 aliphatic rings. The van der Waals surface area contributed by atoms with Gasteiger partial charge in [0.15, 0.2) is 0 Å². The van der Waals surface area contributed by atoms with Crippen LogP contribution in [0.2, 0.25) is 0 Å². The van der Waals surface area contributed by atoms with E-state index in [0.29, 0.717) is 0 Å². The second kappa shape index (κ2) is 6.76. The maximum Gasteiger partial charge on any atom is 0.315 e. The molecule has 0 bridgehead atoms. The average Bonchev–Trinajstić information content (AvgIpc) is 3.17. The van der Waals surface area contributed by atoms with Gasteiger partial charge >= 0.3 is 6.03 Å². The van der Waals surface area contributed by atoms with Crippen LogP contribution in [-0.4, -0.2) is 35.1 Å². The van der Waals surface area contributed by atoms with Gasteiger partial charge in [-0.1, -0.05) is 6.07 Å². The number of urea groups is 1. The van der Waals surface area contributed by atoms with Crippen molar-refractivity contribution < 1.29 is 4.79 Å². The van der Waals surface area contributed by atoms with E-state index in [-0.39, 0.29) is 12.1 Å². The molecule has 2 aromatic heterocycles. The van der Waals surface area contributed by atoms with Gasteiger partial charge in [-0.05, 0) is 39.3 Å². The Labute approximate surface area is 146 Å². The maximum absolute atomic E-state index is 12.4. The van der Waals surface area contributed by atoms with E-state index in [2.05, 4.69) is 25.5 Å². The molecule has 0 radical (unpaired) electrons. The molecule has 1 fully saturated rings. The fourth-order valence-corrected chi connectivity index (χ4v) is 3.70. The molecule has 0 unspecified atom stereocenters. The molecular formula is C17H23N5OS. The molecule has 1 aliphatic heterocycles. The van der Waals surface area contributed by atoms with Crippen molar-refractivity contribution in [2.75, 3.05) is 18.0 Å². The molecule has 3 rings (SSSR count). The minimum absolute atomic E-state index is 0.126. The normalized spacial score (nSPS) is 17.8. The Kier molecular flexibility index (Phi) is 4.71. The Morgan fingerprint density at radius 3 is 2.92 bits per heavy atom. The first kappa shape index (κ1) is 16.7. The lowest BCUT2D eigenvalue weighted by atomic mass is 10.1. The highest BCUT2D eigenvalue weighted by atomic mass is 32.1. The van der Waals surface area contributed by atoms with Gasteiger partial charge in [-0.3, -0.25) is 0 Å². The zero-order valence-corrected chi connectivity index (χ0v) is 15.1. The van der Waals surface area contributed by atoms with Crippen molar-refractivity contribution in [3.63, 3.8) is 0 Å². The number of hydrogen-bond donors (Lipinski definition) is 2. The van der Waals surface area contributed by atoms with Gasteiger partial charge in [0.05, 0.1) is 5.54 Å². The number of carbonyl (C=O) groups excluding carboxylic acids is 1. The summed E-state index contributed by atoms with van der Waals surface area (Å²) < 4.78 is 0. The molecule has 6 nitrogen and oxygen atoms in total. The molecule has 0 aliphatic carbocycles. The Morgan fingerprint density at radius 2 is 2.25 bits per heavy atom. The molecule has 2 amide bonds. The van der Waals surface area contributed by atoms with Crippen LogP contribution in [0.5, 0.6) is 0 Å². The van der Waals surface area contributed by atoms with Crippen LogP contribution < -0.4 is 15.5 Å². The van der Waals surface area contributed by atoms with Crippen LogP contribution in [0, 0.1) is 6.92 Å². The third-order valence-electron chi connectivity index (χ3n) is 4.08. The number of rotatable bonds is 4. The Balaban J connectivity index is 1.54. The van der Waals surface area contributed by atoms with Crippen molar-refractivity contribution in [3.8, 4) is 0 Å². The molecule has 0 saturated carbocycles. The van der Waals surface area contributed by atoms with Crippen LogP contribution in [0.25, 0.3) is 0 Å². The summed E-state index contributed by atoms with van der Waals surface area (Å²) in [5.41, 5.74) is 0.495. The first-order chi connectivity index (χ1) is 11.4. The minimum Gasteiger partial charge on any atom is -0.354 e. The van der Waals surface area contributed by atoms with Crippen LogP contribution >= 0.6 is 11.3 Å². The summed E-state index contributed by atoms with van der Waals surface area (Å²) in [5, 5.41) is 9.01. The predicted octanol–water partition coefficient (Wildman–Crippen LogP) is 2.66. The highest BCUT2D eigenvalue weighted by molar-refractivity contribution is 7.09. The number of pyridine rings is 1. The topological polar surface area (TPSA) is 70.2 Å². The third-order valence-corrected chi connectivity index (χ3v) is 5.36. The van der Waals surface area contributed by atoms with Gasteiger partial charge < -0.3 is 15.5 Å². The van der Waals surface area contributed by atoms with Gasteiger partial charge in [-0.2, -0.15) is 0 Å². The summed E-state index contributed by atoms with van der Waals surface area (Å²) in [6.07, 6.45) is 2.71. The molecule has 128 valence electrons. The number of anilines is 1. The summed E-state index contributed by atoms with van der Waals surface area (Å²) in [6, 6.07) is 5.86. The second-order valence-electron chi connectivity index (χ2n) is 6.64. The predicted molar refractivity (Wildman–Crippen MR) is 96.4 cm³/mol. The number of nitrogens with one attached hydrogen (secondary N) is 2. The molecule has 2 N–H and O–H groups in total. The van der Waals surface area contributed by atoms with Gasteiger partial charge in [-0.25, -0.2) is 14.8 Å². The number of aryl methyl sites for hydroxylation is 1. The summed E-state index contributed by atoms with van der Waals surface area (Å²) >= 11 is 1.57. The summed E-state index contributed by atoms with van der Waals surface area (Å²) in [5.74, 6) is 0.959. The van der Waals surface area contributed by atoms with E-state index in [4.69, 9.17) is 0 Å². The summed E-state index contributed by atoms with van der Waals surface area (Å²) in [4.78, 5) is 23.4. The number of thiazole rings is 1. The van der Waals surface area contributed by atoms with Crippen LogP contribution in [0.1, 0.15) is 31.0 Å². The van der Waals surface area contributed by atoms with E-state index in [0.717, 1.165) is 36.0 Å². The Morgan fingerprint density at radius 1 is 1.42 bits per heavy atom. The summed E-state index contributed by atoms with van der Waals surface area (Å²) in [6.45, 7) is 7.58. The molecule has 0 aromatic carbocycles. The van der Waals surface area contributed by atoms with Gasteiger partial charge in [-0.15, -0.1) is 11.3 Å². The number of hydrogen-bond acceptors (Lipinski definition) is 5. The van der Waals surface area contributed by atoms with Crippen molar-refractivity contribution in [2.24, 2.45) is 0 Å². The van der Waals surface area contributed by atoms with Crippen molar-refractivity contribution in [1.29, 1.82) is 0 Å². The smallest absolute Gasteiger partial charge is 0.315 e. The summed E-state index contributed by atoms with van der Waals surface area (Å²) in [7, 11) is 0. The van der Waals surface area contributed by atoms with Crippen LogP contribution in [0.4, 0.5) is 10.6 Å². The van der Waals surface area contributed by atoms with Crippen molar-refractivity contribution in [3.05, 3.63) is 40.5 Å². The molecule has 2 aromatic rings. The van der Waals surface area contributed by atoms with E-state index in [1.54, 1.807) is 17.5 Å². The molecule has 1 atom stereocenters. The fraction of sp³-hybridized carbons (Fsp3) is 0.471. The molecule has 1 saturated heterocycles. The minimum atomic E-state index is -0.484. The number of nitrogens with zero attached hydrogens (tertiary/aromatic N) is 3. The highest BCUT2D eigenvalue weighted by Crippen LogP contribution is 2.24. The number of carbonyl (C=O) groups is 1. The SMILES string of the molecule is Cc1csc(C(C)(C)NC(=O)N[C@@H]2CCN(c3ccccn3)C2)n1. The van der Waals surface area contributed by atoms with Crippen LogP contribution in [0.15, 0.2) is 29.8 Å². The van der Waals surface area contributed by atoms with Crippen molar-refractivity contribution in [1.82, 2.24) is 20.6 Å². The zero-order valence-electron chi connectivity index (χ0n) is 14.2. The number of aromatic nitrogens is 2. The standard InChI is InChI=1S/C17H23N5OS/c1-12-11-24-15(19-12)17(2,3)21-16(23)20-13-7-9-22(10-13)14-6-4-5-8-18-14/h4-6,8,11,13H,7,9-10H2,1-3H3,(H2,20,21,23)/t13-/m1/s1. The Hall–Kier alpha value is -2.15. The van der Waals surface area contributed by atoms with Gasteiger partial charge in [0.25, 0.3) is 0 Å². The highest BCUT2D eigenvalue weighted by Gasteiger charge is 2.29. The quantitative estimate of drug-likeness (QED) is 0.894. The van der Waals surface area contributed by atoms with Crippen LogP contribution in [-0.2, 0) is 5.54 Å². The van der Waals surface area contributed by atoms with E-state index >= 15 is 0 Å². The Bertz CT molecular complexity index is 700. The monoisotopic (exact) mass is 345 g/mol. The molecule has 0 spiro atoms. The lowest BCUT2D eigenvalue weighted by Gasteiger charge is -2.25. The first-order valence-electron chi connectivity index (χ1n) is 8.11. The largest absolute Gasteiger partial charge is 0.354 e. The first-order valence-corrected chi connectivity index (χ1v) is 8.99. The van der Waals surface area contributed by atoms with E-state index < -0.39 is 5.54 Å². The molecule has 3 heterocycles. The lowest BCUT2D eigenvalue weighted by molar-refractivity contribution is 0.227. The van der Waals surface area contributed by atoms with Crippen molar-refractivity contribution in [2.45, 2.75) is 38.8 Å². The zero-order chi connectivity index (χ0) is 17.2.